The van der Waals surface area contributed by atoms with E-state index in [0.29, 0.717) is 0 Å². The Bertz CT molecular complexity index is 130. The van der Waals surface area contributed by atoms with Crippen molar-refractivity contribution in [3.05, 3.63) is 0 Å². The average Bonchev–Trinajstić information content (AvgIpc) is 1.98. The number of aliphatic carboxylic acids is 1. The summed E-state index contributed by atoms with van der Waals surface area (Å²) < 4.78 is 0. The number of hydrogen-bond acceptors (Lipinski definition) is 3. The van der Waals surface area contributed by atoms with Crippen LogP contribution in [0.4, 0.5) is 0 Å². The second kappa shape index (κ2) is 8.05. The van der Waals surface area contributed by atoms with Crippen LogP contribution in [0.1, 0.15) is 33.1 Å². The van der Waals surface area contributed by atoms with Gasteiger partial charge in [-0.15, -0.1) is 0 Å². The number of unbranched alkanes of at least 4 members (excludes halogenated alkanes) is 1. The predicted molar refractivity (Wildman–Crippen MR) is 41.7 cm³/mol. The molecule has 0 heterocycles. The Labute approximate surface area is 96.0 Å². The third-order valence-corrected chi connectivity index (χ3v) is 1.90. The minimum absolute atomic E-state index is 0. The Hall–Kier alpha value is 0.430. The van der Waals surface area contributed by atoms with Crippen molar-refractivity contribution in [2.45, 2.75) is 39.2 Å². The SMILES string of the molecule is CCCCC(C)C(N)C(=O)[O-].[Na+]. The maximum absolute atomic E-state index is 10.3. The normalized spacial score (nSPS) is 14.6. The van der Waals surface area contributed by atoms with E-state index in [1.54, 1.807) is 0 Å². The van der Waals surface area contributed by atoms with Crippen LogP contribution in [0.15, 0.2) is 0 Å². The Kier molecular flexibility index (Phi) is 10.0. The van der Waals surface area contributed by atoms with Gasteiger partial charge in [0.2, 0.25) is 0 Å². The molecule has 66 valence electrons. The molecule has 0 amide bonds. The molecular weight excluding hydrogens is 165 g/mol. The number of carboxylic acid groups (broad SMARTS) is 1. The summed E-state index contributed by atoms with van der Waals surface area (Å²) in [5.74, 6) is -1.12. The van der Waals surface area contributed by atoms with Crippen molar-refractivity contribution in [2.24, 2.45) is 11.7 Å². The number of carbonyl (C=O) groups excluding carboxylic acids is 1. The standard InChI is InChI=1S/C8H17NO2.Na/c1-3-4-5-6(2)7(9)8(10)11;/h6-7H,3-5,9H2,1-2H3,(H,10,11);/q;+1/p-1. The molecule has 0 aromatic carbocycles. The zero-order valence-corrected chi connectivity index (χ0v) is 10.2. The number of carboxylic acids is 1. The minimum Gasteiger partial charge on any atom is -0.548 e. The Morgan fingerprint density at radius 1 is 1.58 bits per heavy atom. The first-order valence-corrected chi connectivity index (χ1v) is 4.06. The van der Waals surface area contributed by atoms with Gasteiger partial charge in [-0.25, -0.2) is 0 Å². The van der Waals surface area contributed by atoms with Crippen molar-refractivity contribution in [3.8, 4) is 0 Å². The molecule has 0 aromatic heterocycles. The van der Waals surface area contributed by atoms with Gasteiger partial charge in [0.05, 0.1) is 5.97 Å². The molecule has 3 nitrogen and oxygen atoms in total. The first-order chi connectivity index (χ1) is 5.09. The monoisotopic (exact) mass is 181 g/mol. The van der Waals surface area contributed by atoms with E-state index in [1.165, 1.54) is 0 Å². The molecule has 0 saturated carbocycles. The van der Waals surface area contributed by atoms with Gasteiger partial charge in [0.25, 0.3) is 0 Å². The van der Waals surface area contributed by atoms with Crippen molar-refractivity contribution in [1.29, 1.82) is 0 Å². The van der Waals surface area contributed by atoms with Crippen LogP contribution in [-0.4, -0.2) is 12.0 Å². The minimum atomic E-state index is -1.14. The summed E-state index contributed by atoms with van der Waals surface area (Å²) in [5.41, 5.74) is 5.34. The van der Waals surface area contributed by atoms with E-state index in [4.69, 9.17) is 5.73 Å². The van der Waals surface area contributed by atoms with Gasteiger partial charge in [-0.2, -0.15) is 0 Å². The molecule has 4 heteroatoms. The van der Waals surface area contributed by atoms with E-state index in [1.807, 2.05) is 6.92 Å². The van der Waals surface area contributed by atoms with Gasteiger partial charge in [0.1, 0.15) is 0 Å². The molecule has 0 aliphatic carbocycles. The molecule has 0 bridgehead atoms. The van der Waals surface area contributed by atoms with Gasteiger partial charge in [-0.05, 0) is 12.3 Å². The van der Waals surface area contributed by atoms with Gasteiger partial charge in [-0.1, -0.05) is 26.7 Å². The first kappa shape index (κ1) is 14.9. The van der Waals surface area contributed by atoms with E-state index >= 15 is 0 Å². The Morgan fingerprint density at radius 2 is 2.08 bits per heavy atom. The molecule has 0 saturated heterocycles. The van der Waals surface area contributed by atoms with E-state index < -0.39 is 12.0 Å². The topological polar surface area (TPSA) is 66.2 Å². The van der Waals surface area contributed by atoms with Crippen LogP contribution in [0.25, 0.3) is 0 Å². The molecule has 0 radical (unpaired) electrons. The van der Waals surface area contributed by atoms with Crippen LogP contribution >= 0.6 is 0 Å². The summed E-state index contributed by atoms with van der Waals surface area (Å²) in [6.45, 7) is 3.91. The predicted octanol–water partition coefficient (Wildman–Crippen LogP) is -3.11. The molecule has 2 N–H and O–H groups in total. The van der Waals surface area contributed by atoms with Gasteiger partial charge in [0, 0.05) is 6.04 Å². The Morgan fingerprint density at radius 3 is 2.42 bits per heavy atom. The third-order valence-electron chi connectivity index (χ3n) is 1.90. The molecule has 0 rings (SSSR count). The smallest absolute Gasteiger partial charge is 0.548 e. The quantitative estimate of drug-likeness (QED) is 0.457. The maximum atomic E-state index is 10.3. The molecule has 0 fully saturated rings. The van der Waals surface area contributed by atoms with Gasteiger partial charge in [-0.3, -0.25) is 0 Å². The molecule has 2 unspecified atom stereocenters. The number of nitrogens with two attached hydrogens (primary N) is 1. The first-order valence-electron chi connectivity index (χ1n) is 4.06. The summed E-state index contributed by atoms with van der Waals surface area (Å²) in [6.07, 6.45) is 2.97. The van der Waals surface area contributed by atoms with E-state index in [0.717, 1.165) is 19.3 Å². The zero-order valence-electron chi connectivity index (χ0n) is 8.17. The molecule has 0 aliphatic rings. The van der Waals surface area contributed by atoms with E-state index in [9.17, 15) is 9.90 Å². The van der Waals surface area contributed by atoms with Crippen LogP contribution in [0.2, 0.25) is 0 Å². The number of carbonyl (C=O) groups is 1. The fraction of sp³-hybridized carbons (Fsp3) is 0.875. The van der Waals surface area contributed by atoms with Crippen LogP contribution in [0.3, 0.4) is 0 Å². The van der Waals surface area contributed by atoms with Crippen LogP contribution in [-0.2, 0) is 4.79 Å². The summed E-state index contributed by atoms with van der Waals surface area (Å²) >= 11 is 0. The second-order valence-corrected chi connectivity index (χ2v) is 2.96. The number of hydrogen-bond donors (Lipinski definition) is 1. The van der Waals surface area contributed by atoms with E-state index in [-0.39, 0.29) is 35.5 Å². The van der Waals surface area contributed by atoms with Crippen molar-refractivity contribution < 1.29 is 39.5 Å². The van der Waals surface area contributed by atoms with Crippen LogP contribution < -0.4 is 40.4 Å². The van der Waals surface area contributed by atoms with Gasteiger partial charge >= 0.3 is 29.6 Å². The Balaban J connectivity index is 0. The summed E-state index contributed by atoms with van der Waals surface area (Å²) in [6, 6.07) is -0.804. The molecule has 0 aliphatic heterocycles. The molecule has 0 aromatic rings. The summed E-state index contributed by atoms with van der Waals surface area (Å²) in [5, 5.41) is 10.3. The van der Waals surface area contributed by atoms with Crippen molar-refractivity contribution in [1.82, 2.24) is 0 Å². The van der Waals surface area contributed by atoms with Gasteiger partial charge < -0.3 is 15.6 Å². The van der Waals surface area contributed by atoms with Crippen LogP contribution in [0, 0.1) is 5.92 Å². The molecule has 12 heavy (non-hydrogen) atoms. The van der Waals surface area contributed by atoms with Crippen molar-refractivity contribution in [3.63, 3.8) is 0 Å². The van der Waals surface area contributed by atoms with Crippen LogP contribution in [0.5, 0.6) is 0 Å². The molecule has 2 atom stereocenters. The largest absolute Gasteiger partial charge is 1.00 e. The van der Waals surface area contributed by atoms with Gasteiger partial charge in [0.15, 0.2) is 0 Å². The fourth-order valence-corrected chi connectivity index (χ4v) is 0.938. The summed E-state index contributed by atoms with van der Waals surface area (Å²) in [7, 11) is 0. The fourth-order valence-electron chi connectivity index (χ4n) is 0.938. The summed E-state index contributed by atoms with van der Waals surface area (Å²) in [4.78, 5) is 10.3. The van der Waals surface area contributed by atoms with Crippen molar-refractivity contribution >= 4 is 5.97 Å². The molecular formula is C8H16NNaO2. The average molecular weight is 181 g/mol. The maximum Gasteiger partial charge on any atom is 1.00 e. The molecule has 0 spiro atoms. The second-order valence-electron chi connectivity index (χ2n) is 2.96. The zero-order chi connectivity index (χ0) is 8.85. The number of rotatable bonds is 5. The van der Waals surface area contributed by atoms with Crippen molar-refractivity contribution in [2.75, 3.05) is 0 Å². The van der Waals surface area contributed by atoms with E-state index in [2.05, 4.69) is 6.92 Å². The third kappa shape index (κ3) is 6.00.